The summed E-state index contributed by atoms with van der Waals surface area (Å²) in [5.41, 5.74) is 5.46. The van der Waals surface area contributed by atoms with Crippen LogP contribution in [0.2, 0.25) is 0 Å². The van der Waals surface area contributed by atoms with Crippen LogP contribution in [-0.2, 0) is 9.63 Å². The standard InChI is InChI=1S/C7H14N2O2/c1-4-5-6(8)7(10)9(2)11-3/h4,6H,1,5,8H2,2-3H3/t6-/m0/s1. The fourth-order valence-corrected chi connectivity index (χ4v) is 0.604. The molecule has 1 atom stereocenters. The minimum Gasteiger partial charge on any atom is -0.320 e. The van der Waals surface area contributed by atoms with Gasteiger partial charge in [0, 0.05) is 7.05 Å². The number of nitrogens with two attached hydrogens (primary N) is 1. The van der Waals surface area contributed by atoms with E-state index >= 15 is 0 Å². The SMILES string of the molecule is C=CC[C@H](N)C(=O)N(C)OC. The van der Waals surface area contributed by atoms with E-state index in [-0.39, 0.29) is 5.91 Å². The molecule has 0 aliphatic rings. The molecule has 64 valence electrons. The Labute approximate surface area is 66.6 Å². The number of hydrogen-bond donors (Lipinski definition) is 1. The molecule has 0 fully saturated rings. The number of nitrogens with zero attached hydrogens (tertiary/aromatic N) is 1. The van der Waals surface area contributed by atoms with Crippen molar-refractivity contribution in [3.05, 3.63) is 12.7 Å². The molecular formula is C7H14N2O2. The van der Waals surface area contributed by atoms with Crippen molar-refractivity contribution in [1.82, 2.24) is 5.06 Å². The zero-order valence-corrected chi connectivity index (χ0v) is 6.91. The highest BCUT2D eigenvalue weighted by molar-refractivity contribution is 5.80. The molecule has 0 rings (SSSR count). The number of carbonyl (C=O) groups excluding carboxylic acids is 1. The van der Waals surface area contributed by atoms with Crippen LogP contribution in [0.3, 0.4) is 0 Å². The average Bonchev–Trinajstić information content (AvgIpc) is 2.02. The molecule has 0 aromatic heterocycles. The highest BCUT2D eigenvalue weighted by Crippen LogP contribution is 1.94. The van der Waals surface area contributed by atoms with Crippen LogP contribution in [0, 0.1) is 0 Å². The molecular weight excluding hydrogens is 144 g/mol. The van der Waals surface area contributed by atoms with Gasteiger partial charge in [-0.1, -0.05) is 6.08 Å². The second-order valence-corrected chi connectivity index (χ2v) is 2.15. The molecule has 0 heterocycles. The van der Waals surface area contributed by atoms with Crippen molar-refractivity contribution >= 4 is 5.91 Å². The van der Waals surface area contributed by atoms with Gasteiger partial charge in [-0.3, -0.25) is 9.63 Å². The number of hydrogen-bond acceptors (Lipinski definition) is 3. The van der Waals surface area contributed by atoms with Crippen molar-refractivity contribution in [2.45, 2.75) is 12.5 Å². The molecule has 0 aromatic rings. The van der Waals surface area contributed by atoms with Crippen molar-refractivity contribution in [3.63, 3.8) is 0 Å². The largest absolute Gasteiger partial charge is 0.320 e. The van der Waals surface area contributed by atoms with Gasteiger partial charge in [0.15, 0.2) is 0 Å². The number of amides is 1. The summed E-state index contributed by atoms with van der Waals surface area (Å²) < 4.78 is 0. The van der Waals surface area contributed by atoms with Crippen molar-refractivity contribution < 1.29 is 9.63 Å². The van der Waals surface area contributed by atoms with Crippen LogP contribution in [-0.4, -0.2) is 31.2 Å². The van der Waals surface area contributed by atoms with Gasteiger partial charge in [-0.15, -0.1) is 6.58 Å². The Kier molecular flexibility index (Phi) is 4.49. The summed E-state index contributed by atoms with van der Waals surface area (Å²) in [6.45, 7) is 3.48. The smallest absolute Gasteiger partial charge is 0.263 e. The summed E-state index contributed by atoms with van der Waals surface area (Å²) in [6, 6.07) is -0.544. The maximum absolute atomic E-state index is 11.1. The van der Waals surface area contributed by atoms with Gasteiger partial charge in [0.1, 0.15) is 0 Å². The molecule has 4 heteroatoms. The zero-order chi connectivity index (χ0) is 8.85. The second-order valence-electron chi connectivity index (χ2n) is 2.15. The lowest BCUT2D eigenvalue weighted by molar-refractivity contribution is -0.170. The zero-order valence-electron chi connectivity index (χ0n) is 6.91. The van der Waals surface area contributed by atoms with E-state index in [9.17, 15) is 4.79 Å². The Morgan fingerprint density at radius 2 is 2.45 bits per heavy atom. The summed E-state index contributed by atoms with van der Waals surface area (Å²) >= 11 is 0. The lowest BCUT2D eigenvalue weighted by Crippen LogP contribution is -2.40. The third kappa shape index (κ3) is 3.15. The molecule has 4 nitrogen and oxygen atoms in total. The lowest BCUT2D eigenvalue weighted by atomic mass is 10.2. The van der Waals surface area contributed by atoms with E-state index in [1.165, 1.54) is 14.2 Å². The highest BCUT2D eigenvalue weighted by atomic mass is 16.7. The monoisotopic (exact) mass is 158 g/mol. The molecule has 0 spiro atoms. The summed E-state index contributed by atoms with van der Waals surface area (Å²) in [4.78, 5) is 15.7. The topological polar surface area (TPSA) is 55.6 Å². The lowest BCUT2D eigenvalue weighted by Gasteiger charge is -2.17. The summed E-state index contributed by atoms with van der Waals surface area (Å²) in [5, 5.41) is 1.11. The van der Waals surface area contributed by atoms with Gasteiger partial charge < -0.3 is 5.73 Å². The van der Waals surface area contributed by atoms with Crippen molar-refractivity contribution in [2.24, 2.45) is 5.73 Å². The minimum atomic E-state index is -0.544. The molecule has 0 bridgehead atoms. The van der Waals surface area contributed by atoms with Crippen LogP contribution in [0.25, 0.3) is 0 Å². The van der Waals surface area contributed by atoms with Crippen LogP contribution in [0.4, 0.5) is 0 Å². The van der Waals surface area contributed by atoms with Gasteiger partial charge >= 0.3 is 0 Å². The molecule has 11 heavy (non-hydrogen) atoms. The first-order chi connectivity index (χ1) is 5.13. The Morgan fingerprint density at radius 3 is 2.82 bits per heavy atom. The van der Waals surface area contributed by atoms with Gasteiger partial charge in [-0.2, -0.15) is 0 Å². The van der Waals surface area contributed by atoms with Crippen molar-refractivity contribution in [3.8, 4) is 0 Å². The molecule has 0 aliphatic carbocycles. The summed E-state index contributed by atoms with van der Waals surface area (Å²) in [5.74, 6) is -0.243. The van der Waals surface area contributed by atoms with Gasteiger partial charge in [0.05, 0.1) is 13.2 Å². The fourth-order valence-electron chi connectivity index (χ4n) is 0.604. The van der Waals surface area contributed by atoms with Gasteiger partial charge in [-0.05, 0) is 6.42 Å². The molecule has 0 aromatic carbocycles. The molecule has 2 N–H and O–H groups in total. The van der Waals surface area contributed by atoms with Crippen LogP contribution in [0.5, 0.6) is 0 Å². The second kappa shape index (κ2) is 4.87. The average molecular weight is 158 g/mol. The van der Waals surface area contributed by atoms with E-state index in [1.54, 1.807) is 6.08 Å². The normalized spacial score (nSPS) is 12.3. The molecule has 0 saturated carbocycles. The van der Waals surface area contributed by atoms with Crippen molar-refractivity contribution in [1.29, 1.82) is 0 Å². The van der Waals surface area contributed by atoms with E-state index in [0.29, 0.717) is 6.42 Å². The molecule has 0 aliphatic heterocycles. The van der Waals surface area contributed by atoms with Crippen LogP contribution in [0.15, 0.2) is 12.7 Å². The summed E-state index contributed by atoms with van der Waals surface area (Å²) in [6.07, 6.45) is 2.07. The predicted molar refractivity (Wildman–Crippen MR) is 42.6 cm³/mol. The van der Waals surface area contributed by atoms with E-state index in [0.717, 1.165) is 5.06 Å². The third-order valence-electron chi connectivity index (χ3n) is 1.32. The Balaban J connectivity index is 3.90. The van der Waals surface area contributed by atoms with Crippen LogP contribution in [0.1, 0.15) is 6.42 Å². The van der Waals surface area contributed by atoms with E-state index in [1.807, 2.05) is 0 Å². The van der Waals surface area contributed by atoms with Gasteiger partial charge in [0.2, 0.25) is 0 Å². The Hall–Kier alpha value is -0.870. The van der Waals surface area contributed by atoms with Gasteiger partial charge in [0.25, 0.3) is 5.91 Å². The maximum Gasteiger partial charge on any atom is 0.263 e. The quantitative estimate of drug-likeness (QED) is 0.459. The molecule has 0 saturated heterocycles. The van der Waals surface area contributed by atoms with Crippen molar-refractivity contribution in [2.75, 3.05) is 14.2 Å². The maximum atomic E-state index is 11.1. The van der Waals surface area contributed by atoms with Gasteiger partial charge in [-0.25, -0.2) is 5.06 Å². The molecule has 1 amide bonds. The first-order valence-electron chi connectivity index (χ1n) is 3.31. The van der Waals surface area contributed by atoms with E-state index in [2.05, 4.69) is 11.4 Å². The number of carbonyl (C=O) groups is 1. The Morgan fingerprint density at radius 1 is 1.91 bits per heavy atom. The van der Waals surface area contributed by atoms with Crippen LogP contribution < -0.4 is 5.73 Å². The highest BCUT2D eigenvalue weighted by Gasteiger charge is 2.15. The van der Waals surface area contributed by atoms with Crippen LogP contribution >= 0.6 is 0 Å². The first-order valence-corrected chi connectivity index (χ1v) is 3.31. The number of likely N-dealkylation sites (N-methyl/N-ethyl adjacent to an activating group) is 1. The molecule has 0 unspecified atom stereocenters. The molecule has 0 radical (unpaired) electrons. The first kappa shape index (κ1) is 10.1. The fraction of sp³-hybridized carbons (Fsp3) is 0.571. The Bertz CT molecular complexity index is 147. The number of rotatable bonds is 4. The van der Waals surface area contributed by atoms with E-state index in [4.69, 9.17) is 5.73 Å². The predicted octanol–water partition coefficient (Wildman–Crippen LogP) is -0.0904. The third-order valence-corrected chi connectivity index (χ3v) is 1.32. The minimum absolute atomic E-state index is 0.243. The number of hydroxylamine groups is 2. The summed E-state index contributed by atoms with van der Waals surface area (Å²) in [7, 11) is 2.93. The van der Waals surface area contributed by atoms with E-state index < -0.39 is 6.04 Å².